The van der Waals surface area contributed by atoms with E-state index in [2.05, 4.69) is 15.6 Å². The first kappa shape index (κ1) is 20.5. The second kappa shape index (κ2) is 7.80. The maximum absolute atomic E-state index is 12.9. The Hall–Kier alpha value is -3.80. The normalized spacial score (nSPS) is 15.0. The van der Waals surface area contributed by atoms with E-state index in [1.165, 1.54) is 5.56 Å². The number of H-pyrrole nitrogens is 1. The standard InChI is InChI=1S/C25H26N4O2/c1-13-5-7-17(8-6-13)15(3)28-24(30)18-9-10-21-19(11-18)20(25(31)29-21)12-22-14(2)23(26)16(4)27-22/h5-12,15,27H,26H2,1-4H3,(H,28,30)(H,29,31). The molecule has 0 radical (unpaired) electrons. The number of aryl methyl sites for hydroxylation is 2. The summed E-state index contributed by atoms with van der Waals surface area (Å²) in [5.74, 6) is -0.392. The molecule has 2 amide bonds. The molecule has 158 valence electrons. The van der Waals surface area contributed by atoms with Crippen LogP contribution in [0.4, 0.5) is 11.4 Å². The third-order valence-corrected chi connectivity index (χ3v) is 5.81. The highest BCUT2D eigenvalue weighted by atomic mass is 16.2. The predicted molar refractivity (Wildman–Crippen MR) is 125 cm³/mol. The van der Waals surface area contributed by atoms with E-state index in [4.69, 9.17) is 5.73 Å². The Balaban J connectivity index is 1.62. The quantitative estimate of drug-likeness (QED) is 0.473. The highest BCUT2D eigenvalue weighted by Gasteiger charge is 2.26. The second-order valence-corrected chi connectivity index (χ2v) is 8.08. The van der Waals surface area contributed by atoms with Gasteiger partial charge in [-0.05, 0) is 63.1 Å². The summed E-state index contributed by atoms with van der Waals surface area (Å²) < 4.78 is 0. The number of anilines is 2. The maximum Gasteiger partial charge on any atom is 0.256 e. The summed E-state index contributed by atoms with van der Waals surface area (Å²) in [5.41, 5.74) is 13.9. The van der Waals surface area contributed by atoms with Crippen molar-refractivity contribution in [1.29, 1.82) is 0 Å². The van der Waals surface area contributed by atoms with Crippen molar-refractivity contribution in [2.75, 3.05) is 11.1 Å². The van der Waals surface area contributed by atoms with Crippen molar-refractivity contribution in [3.05, 3.63) is 81.7 Å². The van der Waals surface area contributed by atoms with Crippen LogP contribution in [-0.2, 0) is 4.79 Å². The highest BCUT2D eigenvalue weighted by Crippen LogP contribution is 2.35. The molecule has 4 rings (SSSR count). The number of rotatable bonds is 4. The molecule has 0 spiro atoms. The molecule has 1 aromatic heterocycles. The molecule has 1 aliphatic heterocycles. The van der Waals surface area contributed by atoms with Crippen LogP contribution in [0.5, 0.6) is 0 Å². The molecule has 1 aliphatic rings. The molecule has 0 bridgehead atoms. The van der Waals surface area contributed by atoms with E-state index < -0.39 is 0 Å². The summed E-state index contributed by atoms with van der Waals surface area (Å²) >= 11 is 0. The number of aromatic nitrogens is 1. The van der Waals surface area contributed by atoms with Crippen molar-refractivity contribution in [2.45, 2.75) is 33.7 Å². The number of hydrogen-bond acceptors (Lipinski definition) is 3. The maximum atomic E-state index is 12.9. The Bertz CT molecular complexity index is 1220. The summed E-state index contributed by atoms with van der Waals surface area (Å²) in [6.07, 6.45) is 1.79. The minimum Gasteiger partial charge on any atom is -0.397 e. The third-order valence-electron chi connectivity index (χ3n) is 5.81. The molecule has 6 nitrogen and oxygen atoms in total. The monoisotopic (exact) mass is 414 g/mol. The van der Waals surface area contributed by atoms with Crippen molar-refractivity contribution in [2.24, 2.45) is 0 Å². The molecule has 0 saturated heterocycles. The molecule has 5 N–H and O–H groups in total. The van der Waals surface area contributed by atoms with E-state index in [-0.39, 0.29) is 17.9 Å². The van der Waals surface area contributed by atoms with Crippen LogP contribution in [-0.4, -0.2) is 16.8 Å². The molecule has 3 aromatic rings. The lowest BCUT2D eigenvalue weighted by Gasteiger charge is -2.15. The minimum atomic E-state index is -0.203. The number of carbonyl (C=O) groups is 2. The number of hydrogen-bond donors (Lipinski definition) is 4. The zero-order valence-corrected chi connectivity index (χ0v) is 18.1. The molecule has 2 heterocycles. The van der Waals surface area contributed by atoms with Crippen LogP contribution in [0.3, 0.4) is 0 Å². The number of carbonyl (C=O) groups excluding carboxylic acids is 2. The molecule has 2 aromatic carbocycles. The van der Waals surface area contributed by atoms with Gasteiger partial charge in [-0.2, -0.15) is 0 Å². The Labute approximate surface area is 181 Å². The number of benzene rings is 2. The molecule has 31 heavy (non-hydrogen) atoms. The fourth-order valence-corrected chi connectivity index (χ4v) is 3.77. The molecular formula is C25H26N4O2. The van der Waals surface area contributed by atoms with Gasteiger partial charge in [0.2, 0.25) is 0 Å². The fraction of sp³-hybridized carbons (Fsp3) is 0.200. The topological polar surface area (TPSA) is 100 Å². The van der Waals surface area contributed by atoms with Crippen LogP contribution in [0.1, 0.15) is 57.0 Å². The van der Waals surface area contributed by atoms with Gasteiger partial charge in [-0.1, -0.05) is 29.8 Å². The molecule has 1 atom stereocenters. The number of nitrogens with two attached hydrogens (primary N) is 1. The number of fused-ring (bicyclic) bond motifs is 1. The van der Waals surface area contributed by atoms with Crippen LogP contribution in [0.25, 0.3) is 11.6 Å². The van der Waals surface area contributed by atoms with Crippen molar-refractivity contribution >= 4 is 34.8 Å². The van der Waals surface area contributed by atoms with Crippen molar-refractivity contribution < 1.29 is 9.59 Å². The zero-order chi connectivity index (χ0) is 22.3. The number of amides is 2. The summed E-state index contributed by atoms with van der Waals surface area (Å²) in [5, 5.41) is 5.89. The average Bonchev–Trinajstić information content (AvgIpc) is 3.18. The molecule has 0 aliphatic carbocycles. The van der Waals surface area contributed by atoms with Gasteiger partial charge >= 0.3 is 0 Å². The first-order chi connectivity index (χ1) is 14.7. The van der Waals surface area contributed by atoms with E-state index in [9.17, 15) is 9.59 Å². The summed E-state index contributed by atoms with van der Waals surface area (Å²) in [4.78, 5) is 28.7. The van der Waals surface area contributed by atoms with E-state index in [1.807, 2.05) is 52.0 Å². The molecule has 6 heteroatoms. The molecule has 1 unspecified atom stereocenters. The van der Waals surface area contributed by atoms with Crippen LogP contribution in [0.15, 0.2) is 42.5 Å². The average molecular weight is 415 g/mol. The summed E-state index contributed by atoms with van der Waals surface area (Å²) in [6, 6.07) is 13.2. The summed E-state index contributed by atoms with van der Waals surface area (Å²) in [6.45, 7) is 7.79. The van der Waals surface area contributed by atoms with Crippen molar-refractivity contribution in [3.63, 3.8) is 0 Å². The first-order valence-corrected chi connectivity index (χ1v) is 10.2. The predicted octanol–water partition coefficient (Wildman–Crippen LogP) is 4.51. The van der Waals surface area contributed by atoms with Gasteiger partial charge < -0.3 is 21.4 Å². The van der Waals surface area contributed by atoms with Crippen molar-refractivity contribution in [1.82, 2.24) is 10.3 Å². The van der Waals surface area contributed by atoms with Crippen LogP contribution < -0.4 is 16.4 Å². The van der Waals surface area contributed by atoms with E-state index >= 15 is 0 Å². The lowest BCUT2D eigenvalue weighted by atomic mass is 10.0. The van der Waals surface area contributed by atoms with Crippen molar-refractivity contribution in [3.8, 4) is 0 Å². The summed E-state index contributed by atoms with van der Waals surface area (Å²) in [7, 11) is 0. The van der Waals surface area contributed by atoms with Gasteiger partial charge in [0.1, 0.15) is 0 Å². The minimum absolute atomic E-state index is 0.136. The Kier molecular flexibility index (Phi) is 5.15. The van der Waals surface area contributed by atoms with E-state index in [1.54, 1.807) is 24.3 Å². The number of nitrogens with one attached hydrogen (secondary N) is 3. The van der Waals surface area contributed by atoms with Gasteiger partial charge in [-0.25, -0.2) is 0 Å². The highest BCUT2D eigenvalue weighted by molar-refractivity contribution is 6.35. The van der Waals surface area contributed by atoms with Gasteiger partial charge in [0.05, 0.1) is 17.3 Å². The molecular weight excluding hydrogens is 388 g/mol. The fourth-order valence-electron chi connectivity index (χ4n) is 3.77. The van der Waals surface area contributed by atoms with Gasteiger partial charge in [-0.15, -0.1) is 0 Å². The zero-order valence-electron chi connectivity index (χ0n) is 18.1. The lowest BCUT2D eigenvalue weighted by molar-refractivity contribution is -0.110. The van der Waals surface area contributed by atoms with Crippen LogP contribution >= 0.6 is 0 Å². The largest absolute Gasteiger partial charge is 0.397 e. The van der Waals surface area contributed by atoms with Gasteiger partial charge in [0, 0.05) is 28.2 Å². The Morgan fingerprint density at radius 3 is 2.45 bits per heavy atom. The third kappa shape index (κ3) is 3.84. The first-order valence-electron chi connectivity index (χ1n) is 10.2. The lowest BCUT2D eigenvalue weighted by Crippen LogP contribution is -2.26. The van der Waals surface area contributed by atoms with Gasteiger partial charge in [-0.3, -0.25) is 9.59 Å². The smallest absolute Gasteiger partial charge is 0.256 e. The van der Waals surface area contributed by atoms with E-state index in [0.717, 1.165) is 22.5 Å². The van der Waals surface area contributed by atoms with E-state index in [0.29, 0.717) is 28.1 Å². The van der Waals surface area contributed by atoms with Gasteiger partial charge in [0.15, 0.2) is 0 Å². The van der Waals surface area contributed by atoms with Crippen LogP contribution in [0, 0.1) is 20.8 Å². The van der Waals surface area contributed by atoms with Crippen LogP contribution in [0.2, 0.25) is 0 Å². The van der Waals surface area contributed by atoms with Gasteiger partial charge in [0.25, 0.3) is 11.8 Å². The Morgan fingerprint density at radius 1 is 1.10 bits per heavy atom. The second-order valence-electron chi connectivity index (χ2n) is 8.08. The molecule has 0 saturated carbocycles. The molecule has 0 fully saturated rings. The SMILES string of the molecule is Cc1ccc(C(C)NC(=O)c2ccc3c(c2)C(=Cc2[nH]c(C)c(N)c2C)C(=O)N3)cc1. The number of nitrogen functional groups attached to an aromatic ring is 1. The Morgan fingerprint density at radius 2 is 1.81 bits per heavy atom. The number of aromatic amines is 1.